The van der Waals surface area contributed by atoms with Crippen LogP contribution in [0.15, 0.2) is 0 Å². The zero-order valence-electron chi connectivity index (χ0n) is 17.3. The Bertz CT molecular complexity index is 141. The van der Waals surface area contributed by atoms with E-state index in [1.54, 1.807) is 0 Å². The molecule has 0 aliphatic carbocycles. The summed E-state index contributed by atoms with van der Waals surface area (Å²) in [6.07, 6.45) is 15.5. The molecule has 0 spiro atoms. The fourth-order valence-corrected chi connectivity index (χ4v) is 1.71. The van der Waals surface area contributed by atoms with Crippen LogP contribution in [-0.4, -0.2) is 42.0 Å². The minimum absolute atomic E-state index is 0.861. The van der Waals surface area contributed by atoms with E-state index in [9.17, 15) is 0 Å². The summed E-state index contributed by atoms with van der Waals surface area (Å²) in [6.45, 7) is 9.20. The van der Waals surface area contributed by atoms with Crippen molar-refractivity contribution in [3.8, 4) is 0 Å². The highest BCUT2D eigenvalue weighted by atomic mass is 16.5. The van der Waals surface area contributed by atoms with Crippen LogP contribution in [0.3, 0.4) is 0 Å². The van der Waals surface area contributed by atoms with E-state index < -0.39 is 7.32 Å². The van der Waals surface area contributed by atoms with Gasteiger partial charge in [-0.2, -0.15) is 0 Å². The van der Waals surface area contributed by atoms with Crippen LogP contribution in [0.5, 0.6) is 0 Å². The fraction of sp³-hybridized carbons (Fsp3) is 1.00. The Morgan fingerprint density at radius 3 is 0.800 bits per heavy atom. The van der Waals surface area contributed by atoms with Crippen LogP contribution in [0.2, 0.25) is 0 Å². The average molecular weight is 365 g/mol. The molecule has 0 atom stereocenters. The molecule has 0 aromatic carbocycles. The molecule has 9 N–H and O–H groups in total. The Balaban J connectivity index is -0.000000120. The summed E-state index contributed by atoms with van der Waals surface area (Å²) in [5.74, 6) is 0. The molecule has 0 rings (SSSR count). The quantitative estimate of drug-likeness (QED) is 0.232. The number of rotatable bonds is 12. The van der Waals surface area contributed by atoms with Crippen LogP contribution in [0.25, 0.3) is 0 Å². The molecule has 0 amide bonds. The largest absolute Gasteiger partial charge is 0.631 e. The summed E-state index contributed by atoms with van der Waals surface area (Å²) in [6, 6.07) is 0. The van der Waals surface area contributed by atoms with Gasteiger partial charge in [-0.15, -0.1) is 0 Å². The van der Waals surface area contributed by atoms with Gasteiger partial charge in [-0.25, -0.2) is 0 Å². The van der Waals surface area contributed by atoms with E-state index in [4.69, 9.17) is 32.3 Å². The Hall–Kier alpha value is -0.175. The molecule has 0 saturated heterocycles. The first kappa shape index (κ1) is 32.5. The first-order valence-electron chi connectivity index (χ1n) is 10.1. The topological polar surface area (TPSA) is 139 Å². The van der Waals surface area contributed by atoms with Gasteiger partial charge in [0.1, 0.15) is 0 Å². The summed E-state index contributed by atoms with van der Waals surface area (Å²) in [4.78, 5) is 0. The molecule has 0 aromatic heterocycles. The van der Waals surface area contributed by atoms with Gasteiger partial charge >= 0.3 is 7.32 Å². The van der Waals surface area contributed by atoms with E-state index in [0.29, 0.717) is 0 Å². The molecule has 0 unspecified atom stereocenters. The molecular weight excluding hydrogens is 317 g/mol. The van der Waals surface area contributed by atoms with Crippen LogP contribution in [0.1, 0.15) is 97.8 Å². The Morgan fingerprint density at radius 2 is 0.680 bits per heavy atom. The van der Waals surface area contributed by atoms with Crippen molar-refractivity contribution < 1.29 is 15.1 Å². The molecule has 0 heterocycles. The van der Waals surface area contributed by atoms with E-state index in [1.165, 1.54) is 77.0 Å². The Kier molecular flexibility index (Phi) is 50.8. The van der Waals surface area contributed by atoms with Crippen LogP contribution >= 0.6 is 0 Å². The summed E-state index contributed by atoms with van der Waals surface area (Å²) >= 11 is 0. The second kappa shape index (κ2) is 39.1. The van der Waals surface area contributed by atoms with E-state index in [2.05, 4.69) is 20.8 Å². The van der Waals surface area contributed by atoms with Gasteiger partial charge < -0.3 is 32.3 Å². The van der Waals surface area contributed by atoms with Gasteiger partial charge in [0.25, 0.3) is 0 Å². The molecular formula is C18H48BN3O3. The predicted molar refractivity (Wildman–Crippen MR) is 112 cm³/mol. The maximum atomic E-state index is 7.17. The van der Waals surface area contributed by atoms with Crippen molar-refractivity contribution in [2.45, 2.75) is 97.8 Å². The summed E-state index contributed by atoms with van der Waals surface area (Å²) in [5, 5.41) is 21.5. The maximum absolute atomic E-state index is 7.17. The van der Waals surface area contributed by atoms with Gasteiger partial charge in [0.2, 0.25) is 0 Å². The summed E-state index contributed by atoms with van der Waals surface area (Å²) in [5.41, 5.74) is 15.8. The lowest BCUT2D eigenvalue weighted by Gasteiger charge is -1.90. The minimum Gasteiger partial charge on any atom is -0.402 e. The third-order valence-corrected chi connectivity index (χ3v) is 3.17. The Morgan fingerprint density at radius 1 is 0.480 bits per heavy atom. The molecule has 156 valence electrons. The van der Waals surface area contributed by atoms with Crippen molar-refractivity contribution in [2.75, 3.05) is 19.6 Å². The molecule has 6 nitrogen and oxygen atoms in total. The molecule has 0 aromatic rings. The number of nitrogens with two attached hydrogens (primary N) is 3. The zero-order valence-corrected chi connectivity index (χ0v) is 17.3. The van der Waals surface area contributed by atoms with Crippen molar-refractivity contribution in [2.24, 2.45) is 17.2 Å². The molecule has 0 saturated carbocycles. The highest BCUT2D eigenvalue weighted by molar-refractivity contribution is 6.30. The van der Waals surface area contributed by atoms with Gasteiger partial charge in [0.15, 0.2) is 0 Å². The highest BCUT2D eigenvalue weighted by Gasteiger charge is 1.92. The van der Waals surface area contributed by atoms with Crippen molar-refractivity contribution in [1.82, 2.24) is 0 Å². The first-order chi connectivity index (χ1) is 12.0. The Labute approximate surface area is 157 Å². The maximum Gasteiger partial charge on any atom is 0.631 e. The third kappa shape index (κ3) is 81.2. The monoisotopic (exact) mass is 365 g/mol. The molecule has 0 radical (unpaired) electrons. The average Bonchev–Trinajstić information content (AvgIpc) is 2.57. The second-order valence-electron chi connectivity index (χ2n) is 5.89. The standard InChI is InChI=1S/3C6H15N.BH3O3/c3*1-2-3-4-5-6-7;2-1(3)4/h3*2-7H2,1H3;2-4H. The van der Waals surface area contributed by atoms with Crippen molar-refractivity contribution in [3.05, 3.63) is 0 Å². The second-order valence-corrected chi connectivity index (χ2v) is 5.89. The number of hydrogen-bond acceptors (Lipinski definition) is 6. The predicted octanol–water partition coefficient (Wildman–Crippen LogP) is 2.52. The molecule has 0 bridgehead atoms. The zero-order chi connectivity index (χ0) is 20.2. The first-order valence-corrected chi connectivity index (χ1v) is 10.1. The summed E-state index contributed by atoms with van der Waals surface area (Å²) < 4.78 is 0. The van der Waals surface area contributed by atoms with Gasteiger partial charge in [-0.05, 0) is 38.9 Å². The van der Waals surface area contributed by atoms with Crippen LogP contribution in [0, 0.1) is 0 Å². The van der Waals surface area contributed by atoms with Crippen LogP contribution in [-0.2, 0) is 0 Å². The number of unbranched alkanes of at least 4 members (excludes halogenated alkanes) is 9. The van der Waals surface area contributed by atoms with Crippen molar-refractivity contribution in [1.29, 1.82) is 0 Å². The SMILES string of the molecule is CCCCCCN.CCCCCCN.CCCCCCN.OB(O)O. The molecule has 7 heteroatoms. The van der Waals surface area contributed by atoms with Crippen molar-refractivity contribution in [3.63, 3.8) is 0 Å². The normalized spacial score (nSPS) is 9.00. The van der Waals surface area contributed by atoms with Crippen LogP contribution in [0.4, 0.5) is 0 Å². The van der Waals surface area contributed by atoms with Crippen molar-refractivity contribution >= 4 is 7.32 Å². The lowest BCUT2D eigenvalue weighted by molar-refractivity contribution is 0.278. The number of hydrogen-bond donors (Lipinski definition) is 6. The van der Waals surface area contributed by atoms with E-state index >= 15 is 0 Å². The smallest absolute Gasteiger partial charge is 0.402 e. The fourth-order valence-electron chi connectivity index (χ4n) is 1.71. The molecule has 0 aliphatic heterocycles. The minimum atomic E-state index is -2.17. The van der Waals surface area contributed by atoms with Gasteiger partial charge in [-0.1, -0.05) is 78.6 Å². The van der Waals surface area contributed by atoms with Gasteiger partial charge in [-0.3, -0.25) is 0 Å². The van der Waals surface area contributed by atoms with E-state index in [-0.39, 0.29) is 0 Å². The molecule has 0 fully saturated rings. The van der Waals surface area contributed by atoms with Crippen LogP contribution < -0.4 is 17.2 Å². The lowest BCUT2D eigenvalue weighted by atomic mass is 10.2. The summed E-state index contributed by atoms with van der Waals surface area (Å²) in [7, 11) is -2.17. The van der Waals surface area contributed by atoms with E-state index in [0.717, 1.165) is 19.6 Å². The van der Waals surface area contributed by atoms with Gasteiger partial charge in [0, 0.05) is 0 Å². The van der Waals surface area contributed by atoms with Gasteiger partial charge in [0.05, 0.1) is 0 Å². The molecule has 0 aliphatic rings. The van der Waals surface area contributed by atoms with E-state index in [1.807, 2.05) is 0 Å². The molecule has 25 heavy (non-hydrogen) atoms. The highest BCUT2D eigenvalue weighted by Crippen LogP contribution is 1.96. The third-order valence-electron chi connectivity index (χ3n) is 3.17. The lowest BCUT2D eigenvalue weighted by Crippen LogP contribution is -2.07.